The molecule has 0 amide bonds. The summed E-state index contributed by atoms with van der Waals surface area (Å²) in [4.78, 5) is -0.304. The Kier molecular flexibility index (Phi) is 3.58. The Labute approximate surface area is 96.6 Å². The molecule has 0 fully saturated rings. The zero-order valence-electron chi connectivity index (χ0n) is 7.37. The van der Waals surface area contributed by atoms with E-state index >= 15 is 0 Å². The van der Waals surface area contributed by atoms with Gasteiger partial charge in [0.2, 0.25) is 0 Å². The molecule has 0 saturated heterocycles. The quantitative estimate of drug-likeness (QED) is 0.823. The molecule has 15 heavy (non-hydrogen) atoms. The monoisotopic (exact) mass is 264 g/mol. The Bertz CT molecular complexity index is 534. The van der Waals surface area contributed by atoms with Crippen LogP contribution in [-0.2, 0) is 15.6 Å². The van der Waals surface area contributed by atoms with E-state index in [1.54, 1.807) is 6.07 Å². The number of nitrogens with zero attached hydrogens (tertiary/aromatic N) is 1. The molecule has 0 saturated carbocycles. The van der Waals surface area contributed by atoms with Crippen LogP contribution in [0.3, 0.4) is 0 Å². The van der Waals surface area contributed by atoms with E-state index < -0.39 is 9.05 Å². The van der Waals surface area contributed by atoms with Crippen molar-refractivity contribution >= 4 is 31.3 Å². The Morgan fingerprint density at radius 3 is 2.47 bits per heavy atom. The van der Waals surface area contributed by atoms with E-state index in [-0.39, 0.29) is 27.6 Å². The van der Waals surface area contributed by atoms with Gasteiger partial charge in [-0.15, -0.1) is 0 Å². The molecule has 1 rings (SSSR count). The number of benzene rings is 1. The Morgan fingerprint density at radius 1 is 1.47 bits per heavy atom. The molecule has 0 spiro atoms. The lowest BCUT2D eigenvalue weighted by Gasteiger charge is -2.07. The van der Waals surface area contributed by atoms with Crippen LogP contribution in [0.2, 0.25) is 5.02 Å². The molecular weight excluding hydrogens is 259 g/mol. The summed E-state index contributed by atoms with van der Waals surface area (Å²) in [7, 11) is 1.18. The van der Waals surface area contributed by atoms with Gasteiger partial charge in [0, 0.05) is 17.2 Å². The zero-order valence-corrected chi connectivity index (χ0v) is 9.70. The van der Waals surface area contributed by atoms with Gasteiger partial charge in [0.15, 0.2) is 0 Å². The van der Waals surface area contributed by atoms with Gasteiger partial charge in [-0.3, -0.25) is 0 Å². The molecule has 7 heteroatoms. The molecule has 1 aromatic rings. The first kappa shape index (κ1) is 12.3. The van der Waals surface area contributed by atoms with Gasteiger partial charge in [0.1, 0.15) is 11.0 Å². The van der Waals surface area contributed by atoms with Gasteiger partial charge >= 0.3 is 0 Å². The summed E-state index contributed by atoms with van der Waals surface area (Å²) in [5.74, 6) is 0. The van der Waals surface area contributed by atoms with Crippen LogP contribution in [0.5, 0.6) is 0 Å². The smallest absolute Gasteiger partial charge is 0.263 e. The topological polar surface area (TPSA) is 83.9 Å². The van der Waals surface area contributed by atoms with Crippen LogP contribution in [0.25, 0.3) is 0 Å². The van der Waals surface area contributed by atoms with E-state index in [1.807, 2.05) is 0 Å². The number of hydrogen-bond acceptors (Lipinski definition) is 4. The number of rotatable bonds is 2. The number of halogens is 2. The first-order valence-corrected chi connectivity index (χ1v) is 6.46. The highest BCUT2D eigenvalue weighted by molar-refractivity contribution is 8.13. The highest BCUT2D eigenvalue weighted by Crippen LogP contribution is 2.29. The van der Waals surface area contributed by atoms with Crippen molar-refractivity contribution in [2.75, 3.05) is 0 Å². The Balaban J connectivity index is 3.73. The minimum Gasteiger partial charge on any atom is -0.326 e. The molecule has 1 aromatic carbocycles. The SMILES string of the molecule is N#Cc1c(Cl)ccc(CN)c1S(=O)(=O)Cl. The summed E-state index contributed by atoms with van der Waals surface area (Å²) in [5, 5.41) is 8.82. The predicted molar refractivity (Wildman–Crippen MR) is 57.1 cm³/mol. The van der Waals surface area contributed by atoms with Crippen molar-refractivity contribution in [2.45, 2.75) is 11.4 Å². The van der Waals surface area contributed by atoms with Crippen LogP contribution in [0.15, 0.2) is 17.0 Å². The van der Waals surface area contributed by atoms with E-state index in [1.165, 1.54) is 12.1 Å². The lowest BCUT2D eigenvalue weighted by atomic mass is 10.1. The number of nitrogens with two attached hydrogens (primary N) is 1. The fourth-order valence-corrected chi connectivity index (χ4v) is 2.79. The highest BCUT2D eigenvalue weighted by Gasteiger charge is 2.22. The average molecular weight is 265 g/mol. The average Bonchev–Trinajstić information content (AvgIpc) is 2.15. The van der Waals surface area contributed by atoms with Crippen LogP contribution < -0.4 is 5.73 Å². The molecule has 0 aliphatic heterocycles. The number of hydrogen-bond donors (Lipinski definition) is 1. The fourth-order valence-electron chi connectivity index (χ4n) is 1.15. The summed E-state index contributed by atoms with van der Waals surface area (Å²) >= 11 is 5.68. The molecule has 4 nitrogen and oxygen atoms in total. The van der Waals surface area contributed by atoms with Gasteiger partial charge in [0.25, 0.3) is 9.05 Å². The van der Waals surface area contributed by atoms with Crippen molar-refractivity contribution in [3.8, 4) is 6.07 Å². The lowest BCUT2D eigenvalue weighted by molar-refractivity contribution is 0.608. The molecule has 0 radical (unpaired) electrons. The van der Waals surface area contributed by atoms with Gasteiger partial charge in [0.05, 0.1) is 10.6 Å². The summed E-state index contributed by atoms with van der Waals surface area (Å²) in [6.07, 6.45) is 0. The molecule has 80 valence electrons. The third-order valence-corrected chi connectivity index (χ3v) is 3.50. The van der Waals surface area contributed by atoms with Crippen LogP contribution >= 0.6 is 22.3 Å². The molecule has 0 heterocycles. The molecule has 2 N–H and O–H groups in total. The van der Waals surface area contributed by atoms with E-state index in [4.69, 9.17) is 33.3 Å². The van der Waals surface area contributed by atoms with Crippen molar-refractivity contribution < 1.29 is 8.42 Å². The fraction of sp³-hybridized carbons (Fsp3) is 0.125. The maximum atomic E-state index is 11.2. The third-order valence-electron chi connectivity index (χ3n) is 1.76. The highest BCUT2D eigenvalue weighted by atomic mass is 35.7. The Morgan fingerprint density at radius 2 is 2.07 bits per heavy atom. The largest absolute Gasteiger partial charge is 0.326 e. The van der Waals surface area contributed by atoms with Gasteiger partial charge in [-0.2, -0.15) is 5.26 Å². The second-order valence-electron chi connectivity index (χ2n) is 2.66. The number of nitriles is 1. The first-order valence-electron chi connectivity index (χ1n) is 3.78. The van der Waals surface area contributed by atoms with Crippen LogP contribution in [0, 0.1) is 11.3 Å². The minimum absolute atomic E-state index is 0.0346. The molecule has 0 aliphatic rings. The van der Waals surface area contributed by atoms with Crippen molar-refractivity contribution in [3.63, 3.8) is 0 Å². The van der Waals surface area contributed by atoms with Gasteiger partial charge < -0.3 is 5.73 Å². The van der Waals surface area contributed by atoms with Crippen molar-refractivity contribution in [3.05, 3.63) is 28.3 Å². The van der Waals surface area contributed by atoms with Crippen LogP contribution in [0.1, 0.15) is 11.1 Å². The van der Waals surface area contributed by atoms with Gasteiger partial charge in [-0.05, 0) is 11.6 Å². The van der Waals surface area contributed by atoms with E-state index in [9.17, 15) is 8.42 Å². The molecule has 0 unspecified atom stereocenters. The summed E-state index contributed by atoms with van der Waals surface area (Å²) < 4.78 is 22.5. The summed E-state index contributed by atoms with van der Waals surface area (Å²) in [6, 6.07) is 4.53. The second-order valence-corrected chi connectivity index (χ2v) is 5.57. The lowest BCUT2D eigenvalue weighted by Crippen LogP contribution is -2.06. The summed E-state index contributed by atoms with van der Waals surface area (Å²) in [5.41, 5.74) is 5.44. The normalized spacial score (nSPS) is 11.1. The van der Waals surface area contributed by atoms with E-state index in [2.05, 4.69) is 0 Å². The van der Waals surface area contributed by atoms with E-state index in [0.29, 0.717) is 0 Å². The third kappa shape index (κ3) is 2.41. The van der Waals surface area contributed by atoms with Gasteiger partial charge in [-0.1, -0.05) is 17.7 Å². The Hall–Kier alpha value is -0.800. The molecule has 0 aromatic heterocycles. The molecule has 0 atom stereocenters. The van der Waals surface area contributed by atoms with Crippen molar-refractivity contribution in [2.24, 2.45) is 5.73 Å². The second kappa shape index (κ2) is 4.37. The van der Waals surface area contributed by atoms with Crippen LogP contribution in [-0.4, -0.2) is 8.42 Å². The maximum Gasteiger partial charge on any atom is 0.263 e. The van der Waals surface area contributed by atoms with Crippen molar-refractivity contribution in [1.29, 1.82) is 5.26 Å². The summed E-state index contributed by atoms with van der Waals surface area (Å²) in [6.45, 7) is -0.0346. The molecule has 0 bridgehead atoms. The predicted octanol–water partition coefficient (Wildman–Crippen LogP) is 1.60. The first-order chi connectivity index (χ1) is 6.91. The van der Waals surface area contributed by atoms with Crippen LogP contribution in [0.4, 0.5) is 0 Å². The molecular formula is C8H6Cl2N2O2S. The molecule has 0 aliphatic carbocycles. The van der Waals surface area contributed by atoms with Gasteiger partial charge in [-0.25, -0.2) is 8.42 Å². The zero-order chi connectivity index (χ0) is 11.6. The van der Waals surface area contributed by atoms with E-state index in [0.717, 1.165) is 0 Å². The standard InChI is InChI=1S/C8H6Cl2N2O2S/c9-7-2-1-5(3-11)8(6(7)4-12)15(10,13)14/h1-2H,3,11H2. The maximum absolute atomic E-state index is 11.2. The minimum atomic E-state index is -4.03. The van der Waals surface area contributed by atoms with Crippen molar-refractivity contribution in [1.82, 2.24) is 0 Å².